The molecule has 0 spiro atoms. The zero-order valence-corrected chi connectivity index (χ0v) is 13.7. The molecule has 3 rings (SSSR count). The van der Waals surface area contributed by atoms with Gasteiger partial charge in [-0.25, -0.2) is 0 Å². The Kier molecular flexibility index (Phi) is 4.79. The molecule has 1 aromatic rings. The number of rotatable bonds is 6. The summed E-state index contributed by atoms with van der Waals surface area (Å²) >= 11 is 0. The molecule has 1 N–H and O–H groups in total. The van der Waals surface area contributed by atoms with Crippen LogP contribution in [0.25, 0.3) is 0 Å². The van der Waals surface area contributed by atoms with Crippen LogP contribution in [0.4, 0.5) is 0 Å². The topological polar surface area (TPSA) is 35.6 Å². The highest BCUT2D eigenvalue weighted by molar-refractivity contribution is 5.78. The van der Waals surface area contributed by atoms with E-state index in [-0.39, 0.29) is 11.9 Å². The highest BCUT2D eigenvalue weighted by atomic mass is 16.2. The molecule has 1 amide bonds. The van der Waals surface area contributed by atoms with Gasteiger partial charge < -0.3 is 10.2 Å². The van der Waals surface area contributed by atoms with E-state index in [1.165, 1.54) is 24.8 Å². The fourth-order valence-electron chi connectivity index (χ4n) is 3.95. The fraction of sp³-hybridized carbons (Fsp3) is 0.611. The summed E-state index contributed by atoms with van der Waals surface area (Å²) < 4.78 is 0. The number of carbonyl (C=O) groups excluding carboxylic acids is 1. The first-order chi connectivity index (χ1) is 10.6. The molecular formula is C18H27N3O. The van der Waals surface area contributed by atoms with E-state index in [1.807, 2.05) is 6.07 Å². The first-order valence-electron chi connectivity index (χ1n) is 8.35. The largest absolute Gasteiger partial charge is 0.353 e. The summed E-state index contributed by atoms with van der Waals surface area (Å²) in [6, 6.07) is 11.3. The molecule has 120 valence electrons. The Hall–Kier alpha value is -1.39. The lowest BCUT2D eigenvalue weighted by Crippen LogP contribution is -2.43. The summed E-state index contributed by atoms with van der Waals surface area (Å²) in [5, 5.41) is 3.13. The Morgan fingerprint density at radius 1 is 1.32 bits per heavy atom. The first kappa shape index (κ1) is 15.5. The minimum Gasteiger partial charge on any atom is -0.353 e. The van der Waals surface area contributed by atoms with Crippen molar-refractivity contribution < 1.29 is 4.79 Å². The Labute approximate surface area is 133 Å². The van der Waals surface area contributed by atoms with Crippen LogP contribution in [-0.4, -0.2) is 55.5 Å². The Morgan fingerprint density at radius 2 is 2.09 bits per heavy atom. The van der Waals surface area contributed by atoms with Crippen LogP contribution in [0.2, 0.25) is 0 Å². The lowest BCUT2D eigenvalue weighted by atomic mass is 10.1. The molecule has 4 nitrogen and oxygen atoms in total. The molecule has 0 aromatic heterocycles. The van der Waals surface area contributed by atoms with Gasteiger partial charge in [-0.3, -0.25) is 9.69 Å². The third-order valence-electron chi connectivity index (χ3n) is 5.17. The van der Waals surface area contributed by atoms with E-state index in [4.69, 9.17) is 0 Å². The number of fused-ring (bicyclic) bond motifs is 2. The maximum atomic E-state index is 12.3. The molecule has 1 saturated heterocycles. The summed E-state index contributed by atoms with van der Waals surface area (Å²) in [5.74, 6) is 1.01. The molecule has 3 atom stereocenters. The minimum absolute atomic E-state index is 0.162. The summed E-state index contributed by atoms with van der Waals surface area (Å²) in [5.41, 5.74) is 1.24. The minimum atomic E-state index is 0.162. The van der Waals surface area contributed by atoms with Crippen molar-refractivity contribution in [3.63, 3.8) is 0 Å². The smallest absolute Gasteiger partial charge is 0.234 e. The summed E-state index contributed by atoms with van der Waals surface area (Å²) in [7, 11) is 4.12. The maximum Gasteiger partial charge on any atom is 0.234 e. The predicted octanol–water partition coefficient (Wildman–Crippen LogP) is 1.89. The first-order valence-corrected chi connectivity index (χ1v) is 8.35. The molecule has 4 heteroatoms. The van der Waals surface area contributed by atoms with Crippen LogP contribution in [0.3, 0.4) is 0 Å². The number of hydrogen-bond donors (Lipinski definition) is 1. The van der Waals surface area contributed by atoms with E-state index < -0.39 is 0 Å². The molecule has 22 heavy (non-hydrogen) atoms. The van der Waals surface area contributed by atoms with Gasteiger partial charge in [0.15, 0.2) is 0 Å². The third kappa shape index (κ3) is 3.50. The maximum absolute atomic E-state index is 12.3. The van der Waals surface area contributed by atoms with Crippen molar-refractivity contribution in [2.75, 3.05) is 33.7 Å². The van der Waals surface area contributed by atoms with Gasteiger partial charge in [-0.15, -0.1) is 0 Å². The lowest BCUT2D eigenvalue weighted by molar-refractivity contribution is -0.122. The van der Waals surface area contributed by atoms with Crippen molar-refractivity contribution in [3.8, 4) is 0 Å². The zero-order chi connectivity index (χ0) is 15.5. The number of nitrogens with one attached hydrogen (secondary N) is 1. The number of carbonyl (C=O) groups is 1. The van der Waals surface area contributed by atoms with Crippen molar-refractivity contribution in [2.24, 2.45) is 5.92 Å². The number of likely N-dealkylation sites (N-methyl/N-ethyl adjacent to an activating group) is 1. The van der Waals surface area contributed by atoms with Gasteiger partial charge in [0.25, 0.3) is 0 Å². The van der Waals surface area contributed by atoms with Crippen molar-refractivity contribution in [1.29, 1.82) is 0 Å². The Balaban J connectivity index is 1.50. The average Bonchev–Trinajstić information content (AvgIpc) is 3.11. The van der Waals surface area contributed by atoms with Crippen molar-refractivity contribution in [3.05, 3.63) is 35.9 Å². The van der Waals surface area contributed by atoms with E-state index >= 15 is 0 Å². The van der Waals surface area contributed by atoms with E-state index in [1.54, 1.807) is 0 Å². The number of hydrogen-bond acceptors (Lipinski definition) is 3. The van der Waals surface area contributed by atoms with Crippen LogP contribution in [0.1, 0.15) is 30.9 Å². The zero-order valence-electron chi connectivity index (χ0n) is 13.7. The van der Waals surface area contributed by atoms with Crippen molar-refractivity contribution in [1.82, 2.24) is 15.1 Å². The van der Waals surface area contributed by atoms with Gasteiger partial charge >= 0.3 is 0 Å². The number of piperidine rings is 1. The second-order valence-electron chi connectivity index (χ2n) is 6.96. The van der Waals surface area contributed by atoms with Gasteiger partial charge in [0.05, 0.1) is 12.6 Å². The summed E-state index contributed by atoms with van der Waals surface area (Å²) in [6.45, 7) is 2.35. The normalized spacial score (nSPS) is 25.6. The predicted molar refractivity (Wildman–Crippen MR) is 88.6 cm³/mol. The molecule has 1 aliphatic carbocycles. The van der Waals surface area contributed by atoms with Gasteiger partial charge in [0, 0.05) is 19.1 Å². The van der Waals surface area contributed by atoms with E-state index in [0.717, 1.165) is 12.5 Å². The highest BCUT2D eigenvalue weighted by Gasteiger charge is 2.38. The van der Waals surface area contributed by atoms with Gasteiger partial charge in [-0.1, -0.05) is 30.3 Å². The molecule has 2 aliphatic rings. The third-order valence-corrected chi connectivity index (χ3v) is 5.17. The Morgan fingerprint density at radius 3 is 2.68 bits per heavy atom. The van der Waals surface area contributed by atoms with Gasteiger partial charge in [0.2, 0.25) is 5.91 Å². The summed E-state index contributed by atoms with van der Waals surface area (Å²) in [4.78, 5) is 16.8. The van der Waals surface area contributed by atoms with E-state index in [9.17, 15) is 4.79 Å². The van der Waals surface area contributed by atoms with Gasteiger partial charge in [-0.05, 0) is 44.8 Å². The van der Waals surface area contributed by atoms with Crippen molar-refractivity contribution in [2.45, 2.75) is 31.3 Å². The molecule has 1 aromatic carbocycles. The average molecular weight is 301 g/mol. The number of nitrogens with zero attached hydrogens (tertiary/aromatic N) is 2. The fourth-order valence-corrected chi connectivity index (χ4v) is 3.95. The second-order valence-corrected chi connectivity index (χ2v) is 6.96. The molecule has 0 unspecified atom stereocenters. The van der Waals surface area contributed by atoms with Crippen LogP contribution in [0.5, 0.6) is 0 Å². The van der Waals surface area contributed by atoms with Crippen LogP contribution in [0.15, 0.2) is 30.3 Å². The molecule has 1 aliphatic heterocycles. The number of likely N-dealkylation sites (tertiary alicyclic amines) is 1. The van der Waals surface area contributed by atoms with E-state index in [2.05, 4.69) is 53.5 Å². The standard InChI is InChI=1S/C18H27N3O/c1-20(2)17(15-6-4-3-5-7-15)11-19-18(22)13-21-12-14-8-9-16(21)10-14/h3-7,14,16-17H,8-13H2,1-2H3,(H,19,22)/t14-,16-,17+/m0/s1. The van der Waals surface area contributed by atoms with Crippen LogP contribution in [-0.2, 0) is 4.79 Å². The molecule has 1 saturated carbocycles. The molecule has 2 fully saturated rings. The molecule has 1 heterocycles. The van der Waals surface area contributed by atoms with Gasteiger partial charge in [0.1, 0.15) is 0 Å². The van der Waals surface area contributed by atoms with Gasteiger partial charge in [-0.2, -0.15) is 0 Å². The molecular weight excluding hydrogens is 274 g/mol. The lowest BCUT2D eigenvalue weighted by Gasteiger charge is -2.28. The van der Waals surface area contributed by atoms with E-state index in [0.29, 0.717) is 19.1 Å². The van der Waals surface area contributed by atoms with Crippen LogP contribution >= 0.6 is 0 Å². The molecule has 2 bridgehead atoms. The summed E-state index contributed by atoms with van der Waals surface area (Å²) in [6.07, 6.45) is 3.94. The SMILES string of the molecule is CN(C)[C@H](CNC(=O)CN1C[C@H]2CC[C@H]1C2)c1ccccc1. The van der Waals surface area contributed by atoms with Crippen LogP contribution < -0.4 is 5.32 Å². The highest BCUT2D eigenvalue weighted by Crippen LogP contribution is 2.36. The van der Waals surface area contributed by atoms with Crippen molar-refractivity contribution >= 4 is 5.91 Å². The quantitative estimate of drug-likeness (QED) is 0.871. The number of benzene rings is 1. The Bertz CT molecular complexity index is 502. The monoisotopic (exact) mass is 301 g/mol. The second kappa shape index (κ2) is 6.80. The van der Waals surface area contributed by atoms with Crippen LogP contribution in [0, 0.1) is 5.92 Å². The number of amides is 1. The molecule has 0 radical (unpaired) electrons.